The largest absolute Gasteiger partial charge is 0.391 e. The van der Waals surface area contributed by atoms with Gasteiger partial charge >= 0.3 is 0 Å². The number of aliphatic hydroxyl groups is 1. The van der Waals surface area contributed by atoms with E-state index in [2.05, 4.69) is 15.9 Å². The Kier molecular flexibility index (Phi) is 4.92. The van der Waals surface area contributed by atoms with Crippen LogP contribution in [0.5, 0.6) is 0 Å². The summed E-state index contributed by atoms with van der Waals surface area (Å²) in [5.41, 5.74) is -0.567. The molecule has 0 radical (unpaired) electrons. The predicted molar refractivity (Wildman–Crippen MR) is 88.4 cm³/mol. The third-order valence-electron chi connectivity index (χ3n) is 5.13. The van der Waals surface area contributed by atoms with E-state index in [0.717, 1.165) is 31.0 Å². The maximum Gasteiger partial charge on any atom is 0.253 e. The third-order valence-corrected chi connectivity index (χ3v) is 5.69. The topological polar surface area (TPSA) is 81.5 Å². The Labute approximate surface area is 139 Å². The lowest BCUT2D eigenvalue weighted by Crippen LogP contribution is -2.45. The summed E-state index contributed by atoms with van der Waals surface area (Å²) in [6, 6.07) is 0. The summed E-state index contributed by atoms with van der Waals surface area (Å²) in [5, 5.41) is 19.0. The number of fused-ring (bicyclic) bond motifs is 1. The monoisotopic (exact) mass is 370 g/mol. The molecule has 1 fully saturated rings. The molecule has 0 aromatic heterocycles. The first kappa shape index (κ1) is 17.3. The van der Waals surface area contributed by atoms with Crippen molar-refractivity contribution >= 4 is 33.8 Å². The van der Waals surface area contributed by atoms with Crippen LogP contribution in [0, 0.1) is 10.8 Å². The van der Waals surface area contributed by atoms with E-state index in [1.165, 1.54) is 0 Å². The van der Waals surface area contributed by atoms with E-state index in [4.69, 9.17) is 5.41 Å². The van der Waals surface area contributed by atoms with Crippen LogP contribution < -0.4 is 0 Å². The molecule has 2 atom stereocenters. The predicted octanol–water partition coefficient (Wildman–Crippen LogP) is 2.07. The quantitative estimate of drug-likeness (QED) is 0.408. The Morgan fingerprint density at radius 3 is 2.59 bits per heavy atom. The van der Waals surface area contributed by atoms with Crippen LogP contribution in [0.15, 0.2) is 11.1 Å². The molecule has 122 valence electrons. The number of hydrogen-bond acceptors (Lipinski definition) is 4. The van der Waals surface area contributed by atoms with Gasteiger partial charge in [0.25, 0.3) is 5.91 Å². The van der Waals surface area contributed by atoms with Gasteiger partial charge in [-0.05, 0) is 19.8 Å². The van der Waals surface area contributed by atoms with Gasteiger partial charge < -0.3 is 15.4 Å². The molecule has 0 spiro atoms. The van der Waals surface area contributed by atoms with Gasteiger partial charge in [-0.2, -0.15) is 0 Å². The van der Waals surface area contributed by atoms with E-state index < -0.39 is 17.6 Å². The molecular formula is C16H23BrN2O3. The second kappa shape index (κ2) is 6.24. The Bertz CT molecular complexity index is 546. The lowest BCUT2D eigenvalue weighted by molar-refractivity contribution is -0.127. The van der Waals surface area contributed by atoms with E-state index in [0.29, 0.717) is 18.5 Å². The fourth-order valence-corrected chi connectivity index (χ4v) is 4.16. The van der Waals surface area contributed by atoms with Gasteiger partial charge in [-0.3, -0.25) is 9.59 Å². The number of amides is 1. The summed E-state index contributed by atoms with van der Waals surface area (Å²) in [7, 11) is 0. The van der Waals surface area contributed by atoms with E-state index >= 15 is 0 Å². The summed E-state index contributed by atoms with van der Waals surface area (Å²) in [5.74, 6) is -0.305. The van der Waals surface area contributed by atoms with Crippen molar-refractivity contribution in [3.63, 3.8) is 0 Å². The minimum absolute atomic E-state index is 0.142. The second-order valence-electron chi connectivity index (χ2n) is 6.57. The highest BCUT2D eigenvalue weighted by Crippen LogP contribution is 2.49. The highest BCUT2D eigenvalue weighted by atomic mass is 79.9. The number of aliphatic hydroxyl groups excluding tert-OH is 1. The smallest absolute Gasteiger partial charge is 0.253 e. The molecule has 0 saturated carbocycles. The van der Waals surface area contributed by atoms with Crippen molar-refractivity contribution in [3.05, 3.63) is 11.1 Å². The molecule has 1 amide bonds. The molecule has 5 nitrogen and oxygen atoms in total. The Hall–Kier alpha value is -1.01. The van der Waals surface area contributed by atoms with Crippen molar-refractivity contribution in [2.45, 2.75) is 45.1 Å². The van der Waals surface area contributed by atoms with Gasteiger partial charge in [-0.1, -0.05) is 35.7 Å². The molecule has 1 unspecified atom stereocenters. The van der Waals surface area contributed by atoms with Crippen LogP contribution in [-0.4, -0.2) is 51.9 Å². The van der Waals surface area contributed by atoms with Crippen molar-refractivity contribution in [2.24, 2.45) is 5.41 Å². The molecule has 6 heteroatoms. The van der Waals surface area contributed by atoms with Crippen LogP contribution in [0.2, 0.25) is 0 Å². The van der Waals surface area contributed by atoms with Gasteiger partial charge in [0.2, 0.25) is 0 Å². The molecular weight excluding hydrogens is 348 g/mol. The average Bonchev–Trinajstić information content (AvgIpc) is 2.83. The molecule has 2 N–H and O–H groups in total. The fourth-order valence-electron chi connectivity index (χ4n) is 3.76. The van der Waals surface area contributed by atoms with Gasteiger partial charge in [0.05, 0.1) is 12.2 Å². The molecule has 0 bridgehead atoms. The van der Waals surface area contributed by atoms with Crippen molar-refractivity contribution in [1.82, 2.24) is 4.90 Å². The maximum absolute atomic E-state index is 12.4. The van der Waals surface area contributed by atoms with Crippen molar-refractivity contribution in [3.8, 4) is 0 Å². The molecule has 0 aliphatic carbocycles. The molecule has 0 aromatic rings. The van der Waals surface area contributed by atoms with Crippen LogP contribution >= 0.6 is 15.9 Å². The zero-order valence-electron chi connectivity index (χ0n) is 13.1. The van der Waals surface area contributed by atoms with Gasteiger partial charge in [0, 0.05) is 28.6 Å². The molecule has 0 aromatic carbocycles. The number of nitrogens with zero attached hydrogens (tertiary/aromatic N) is 1. The highest BCUT2D eigenvalue weighted by Gasteiger charge is 2.61. The fraction of sp³-hybridized carbons (Fsp3) is 0.688. The summed E-state index contributed by atoms with van der Waals surface area (Å²) in [4.78, 5) is 25.5. The standard InChI is InChI=1S/C16H23BrN2O3/c1-15(6-4-3-5-7-17)10-19-13(22)11(8-20)12(9-21)16(19,2)14(15)18/h9,18,20H,3-8,10H2,1-2H3/t15-,16?/m0/s1. The SMILES string of the molecule is CC12C(=N)[C@@](C)(CCCCCBr)CN1C(=O)C(CO)=C2C=O. The summed E-state index contributed by atoms with van der Waals surface area (Å²) >= 11 is 3.41. The second-order valence-corrected chi connectivity index (χ2v) is 7.36. The van der Waals surface area contributed by atoms with Crippen LogP contribution in [0.25, 0.3) is 0 Å². The molecule has 1 saturated heterocycles. The van der Waals surface area contributed by atoms with Crippen LogP contribution in [0.1, 0.15) is 39.5 Å². The molecule has 2 aliphatic rings. The normalized spacial score (nSPS) is 31.2. The summed E-state index contributed by atoms with van der Waals surface area (Å²) in [6.45, 7) is 3.75. The highest BCUT2D eigenvalue weighted by molar-refractivity contribution is 9.09. The number of carbonyl (C=O) groups excluding carboxylic acids is 2. The van der Waals surface area contributed by atoms with Crippen LogP contribution in [0.3, 0.4) is 0 Å². The molecule has 2 aliphatic heterocycles. The van der Waals surface area contributed by atoms with Gasteiger partial charge in [0.1, 0.15) is 11.8 Å². The van der Waals surface area contributed by atoms with E-state index in [-0.39, 0.29) is 17.1 Å². The summed E-state index contributed by atoms with van der Waals surface area (Å²) < 4.78 is 0. The zero-order chi connectivity index (χ0) is 16.5. The number of hydrogen-bond donors (Lipinski definition) is 2. The number of rotatable bonds is 7. The Morgan fingerprint density at radius 2 is 2.05 bits per heavy atom. The minimum atomic E-state index is -0.985. The van der Waals surface area contributed by atoms with Crippen LogP contribution in [-0.2, 0) is 9.59 Å². The van der Waals surface area contributed by atoms with E-state index in [1.807, 2.05) is 6.92 Å². The lowest BCUT2D eigenvalue weighted by Gasteiger charge is -2.29. The average molecular weight is 371 g/mol. The molecule has 2 heterocycles. The maximum atomic E-state index is 12.4. The number of carbonyl (C=O) groups is 2. The number of alkyl halides is 1. The van der Waals surface area contributed by atoms with Crippen LogP contribution in [0.4, 0.5) is 0 Å². The first-order valence-electron chi connectivity index (χ1n) is 7.64. The van der Waals surface area contributed by atoms with E-state index in [1.54, 1.807) is 11.8 Å². The summed E-state index contributed by atoms with van der Waals surface area (Å²) in [6.07, 6.45) is 4.64. The lowest BCUT2D eigenvalue weighted by atomic mass is 9.74. The number of unbranched alkanes of at least 4 members (excludes halogenated alkanes) is 2. The van der Waals surface area contributed by atoms with Gasteiger partial charge in [0.15, 0.2) is 0 Å². The van der Waals surface area contributed by atoms with Gasteiger partial charge in [-0.15, -0.1) is 0 Å². The number of nitrogens with one attached hydrogen (secondary N) is 1. The Morgan fingerprint density at radius 1 is 1.36 bits per heavy atom. The minimum Gasteiger partial charge on any atom is -0.391 e. The molecule has 2 rings (SSSR count). The van der Waals surface area contributed by atoms with E-state index in [9.17, 15) is 14.7 Å². The number of aldehydes is 1. The number of halogens is 1. The third kappa shape index (κ3) is 2.36. The first-order chi connectivity index (χ1) is 10.4. The molecule has 22 heavy (non-hydrogen) atoms. The first-order valence-corrected chi connectivity index (χ1v) is 8.76. The zero-order valence-corrected chi connectivity index (χ0v) is 14.7. The Balaban J connectivity index is 2.28. The van der Waals surface area contributed by atoms with Gasteiger partial charge in [-0.25, -0.2) is 0 Å². The van der Waals surface area contributed by atoms with Crippen molar-refractivity contribution in [1.29, 1.82) is 5.41 Å². The van der Waals surface area contributed by atoms with Crippen molar-refractivity contribution in [2.75, 3.05) is 18.5 Å². The van der Waals surface area contributed by atoms with Crippen molar-refractivity contribution < 1.29 is 14.7 Å².